The predicted molar refractivity (Wildman–Crippen MR) is 85.4 cm³/mol. The highest BCUT2D eigenvalue weighted by molar-refractivity contribution is 5.35. The van der Waals surface area contributed by atoms with Crippen LogP contribution in [0.15, 0.2) is 42.5 Å². The van der Waals surface area contributed by atoms with Crippen molar-refractivity contribution in [3.05, 3.63) is 64.7 Å². The van der Waals surface area contributed by atoms with Crippen LogP contribution in [-0.4, -0.2) is 0 Å². The van der Waals surface area contributed by atoms with Crippen LogP contribution in [0.4, 0.5) is 0 Å². The normalized spacial score (nSPS) is 11.4. The minimum absolute atomic E-state index is 0.186. The molecule has 2 aromatic rings. The number of hydrogen-bond acceptors (Lipinski definition) is 1. The van der Waals surface area contributed by atoms with Gasteiger partial charge in [0.15, 0.2) is 0 Å². The Morgan fingerprint density at radius 2 is 1.40 bits per heavy atom. The van der Waals surface area contributed by atoms with E-state index in [1.807, 2.05) is 0 Å². The van der Waals surface area contributed by atoms with Gasteiger partial charge in [0.05, 0.1) is 0 Å². The molecule has 20 heavy (non-hydrogen) atoms. The molecule has 0 saturated carbocycles. The van der Waals surface area contributed by atoms with Crippen molar-refractivity contribution in [3.63, 3.8) is 0 Å². The van der Waals surface area contributed by atoms with Gasteiger partial charge in [0, 0.05) is 0 Å². The Kier molecular flexibility index (Phi) is 4.17. The zero-order chi connectivity index (χ0) is 14.8. The zero-order valence-electron chi connectivity index (χ0n) is 13.2. The van der Waals surface area contributed by atoms with E-state index in [-0.39, 0.29) is 5.41 Å². The van der Waals surface area contributed by atoms with Gasteiger partial charge in [0.25, 0.3) is 0 Å². The zero-order valence-corrected chi connectivity index (χ0v) is 13.2. The van der Waals surface area contributed by atoms with Crippen molar-refractivity contribution in [3.8, 4) is 5.75 Å². The molecule has 1 heteroatoms. The van der Waals surface area contributed by atoms with Gasteiger partial charge in [0.2, 0.25) is 0 Å². The van der Waals surface area contributed by atoms with E-state index in [4.69, 9.17) is 4.74 Å². The smallest absolute Gasteiger partial charge is 0.119 e. The maximum Gasteiger partial charge on any atom is 0.119 e. The van der Waals surface area contributed by atoms with Crippen molar-refractivity contribution in [2.45, 2.75) is 46.6 Å². The van der Waals surface area contributed by atoms with Gasteiger partial charge in [-0.3, -0.25) is 0 Å². The first-order chi connectivity index (χ1) is 9.38. The van der Waals surface area contributed by atoms with E-state index in [0.717, 1.165) is 5.75 Å². The van der Waals surface area contributed by atoms with Crippen molar-refractivity contribution in [1.29, 1.82) is 0 Å². The first kappa shape index (κ1) is 14.6. The molecule has 2 aromatic carbocycles. The van der Waals surface area contributed by atoms with Crippen LogP contribution in [0.25, 0.3) is 0 Å². The van der Waals surface area contributed by atoms with Gasteiger partial charge in [-0.2, -0.15) is 0 Å². The second kappa shape index (κ2) is 5.70. The maximum atomic E-state index is 5.92. The Morgan fingerprint density at radius 1 is 0.850 bits per heavy atom. The Morgan fingerprint density at radius 3 is 1.90 bits per heavy atom. The fourth-order valence-corrected chi connectivity index (χ4v) is 2.28. The summed E-state index contributed by atoms with van der Waals surface area (Å²) in [6.45, 7) is 11.6. The van der Waals surface area contributed by atoms with Gasteiger partial charge in [-0.1, -0.05) is 51.1 Å². The van der Waals surface area contributed by atoms with E-state index in [9.17, 15) is 0 Å². The average Bonchev–Trinajstić information content (AvgIpc) is 2.37. The number of rotatable bonds is 3. The molecule has 0 aliphatic carbocycles. The summed E-state index contributed by atoms with van der Waals surface area (Å²) >= 11 is 0. The minimum atomic E-state index is 0.186. The monoisotopic (exact) mass is 268 g/mol. The van der Waals surface area contributed by atoms with Crippen LogP contribution >= 0.6 is 0 Å². The molecule has 2 rings (SSSR count). The van der Waals surface area contributed by atoms with Gasteiger partial charge < -0.3 is 4.74 Å². The Labute approximate surface area is 122 Å². The van der Waals surface area contributed by atoms with Gasteiger partial charge in [-0.25, -0.2) is 0 Å². The molecular weight excluding hydrogens is 244 g/mol. The lowest BCUT2D eigenvalue weighted by molar-refractivity contribution is 0.304. The molecule has 0 amide bonds. The van der Waals surface area contributed by atoms with Crippen molar-refractivity contribution in [2.24, 2.45) is 0 Å². The molecule has 1 nitrogen and oxygen atoms in total. The molecular formula is C19H24O. The van der Waals surface area contributed by atoms with E-state index in [1.54, 1.807) is 0 Å². The SMILES string of the molecule is Cc1cccc(C)c1COc1ccc(C(C)(C)C)cc1. The molecule has 0 atom stereocenters. The number of hydrogen-bond donors (Lipinski definition) is 0. The average molecular weight is 268 g/mol. The largest absolute Gasteiger partial charge is 0.489 e. The molecule has 0 saturated heterocycles. The van der Waals surface area contributed by atoms with Gasteiger partial charge in [-0.15, -0.1) is 0 Å². The van der Waals surface area contributed by atoms with E-state index < -0.39 is 0 Å². The molecule has 0 N–H and O–H groups in total. The summed E-state index contributed by atoms with van der Waals surface area (Å²) in [6, 6.07) is 14.8. The van der Waals surface area contributed by atoms with Gasteiger partial charge in [-0.05, 0) is 53.6 Å². The second-order valence-electron chi connectivity index (χ2n) is 6.43. The highest BCUT2D eigenvalue weighted by Crippen LogP contribution is 2.25. The Hall–Kier alpha value is -1.76. The molecule has 0 aliphatic rings. The fourth-order valence-electron chi connectivity index (χ4n) is 2.28. The molecule has 0 fully saturated rings. The summed E-state index contributed by atoms with van der Waals surface area (Å²) < 4.78 is 5.92. The number of benzene rings is 2. The Balaban J connectivity index is 2.08. The van der Waals surface area contributed by atoms with Crippen LogP contribution in [0.1, 0.15) is 43.0 Å². The summed E-state index contributed by atoms with van der Waals surface area (Å²) in [5.74, 6) is 0.931. The van der Waals surface area contributed by atoms with E-state index in [2.05, 4.69) is 77.1 Å². The summed E-state index contributed by atoms with van der Waals surface area (Å²) in [5.41, 5.74) is 5.38. The topological polar surface area (TPSA) is 9.23 Å². The predicted octanol–water partition coefficient (Wildman–Crippen LogP) is 5.18. The molecule has 0 unspecified atom stereocenters. The van der Waals surface area contributed by atoms with Crippen molar-refractivity contribution >= 4 is 0 Å². The van der Waals surface area contributed by atoms with Gasteiger partial charge in [0.1, 0.15) is 12.4 Å². The highest BCUT2D eigenvalue weighted by atomic mass is 16.5. The number of ether oxygens (including phenoxy) is 1. The van der Waals surface area contributed by atoms with Crippen LogP contribution in [0.2, 0.25) is 0 Å². The van der Waals surface area contributed by atoms with Gasteiger partial charge >= 0.3 is 0 Å². The third kappa shape index (κ3) is 3.41. The molecule has 0 aliphatic heterocycles. The number of aryl methyl sites for hydroxylation is 2. The summed E-state index contributed by atoms with van der Waals surface area (Å²) in [7, 11) is 0. The summed E-state index contributed by atoms with van der Waals surface area (Å²) in [6.07, 6.45) is 0. The molecule has 0 bridgehead atoms. The van der Waals surface area contributed by atoms with Crippen LogP contribution in [0.3, 0.4) is 0 Å². The first-order valence-electron chi connectivity index (χ1n) is 7.16. The Bertz CT molecular complexity index is 553. The quantitative estimate of drug-likeness (QED) is 0.745. The van der Waals surface area contributed by atoms with Crippen molar-refractivity contribution in [2.75, 3.05) is 0 Å². The van der Waals surface area contributed by atoms with Crippen molar-refractivity contribution in [1.82, 2.24) is 0 Å². The van der Waals surface area contributed by atoms with Crippen LogP contribution < -0.4 is 4.74 Å². The molecule has 0 spiro atoms. The lowest BCUT2D eigenvalue weighted by atomic mass is 9.87. The third-order valence-corrected chi connectivity index (χ3v) is 3.75. The van der Waals surface area contributed by atoms with Crippen molar-refractivity contribution < 1.29 is 4.74 Å². The highest BCUT2D eigenvalue weighted by Gasteiger charge is 2.13. The maximum absolute atomic E-state index is 5.92. The van der Waals surface area contributed by atoms with Crippen LogP contribution in [-0.2, 0) is 12.0 Å². The lowest BCUT2D eigenvalue weighted by Crippen LogP contribution is -2.10. The fraction of sp³-hybridized carbons (Fsp3) is 0.368. The first-order valence-corrected chi connectivity index (χ1v) is 7.16. The van der Waals surface area contributed by atoms with E-state index >= 15 is 0 Å². The van der Waals surface area contributed by atoms with Crippen LogP contribution in [0, 0.1) is 13.8 Å². The minimum Gasteiger partial charge on any atom is -0.489 e. The van der Waals surface area contributed by atoms with Crippen LogP contribution in [0.5, 0.6) is 5.75 Å². The molecule has 0 radical (unpaired) electrons. The van der Waals surface area contributed by atoms with E-state index in [1.165, 1.54) is 22.3 Å². The standard InChI is InChI=1S/C19H24O/c1-14-7-6-8-15(2)18(14)13-20-17-11-9-16(10-12-17)19(3,4)5/h6-12H,13H2,1-5H3. The summed E-state index contributed by atoms with van der Waals surface area (Å²) in [4.78, 5) is 0. The lowest BCUT2D eigenvalue weighted by Gasteiger charge is -2.19. The summed E-state index contributed by atoms with van der Waals surface area (Å²) in [5, 5.41) is 0. The second-order valence-corrected chi connectivity index (χ2v) is 6.43. The van der Waals surface area contributed by atoms with E-state index in [0.29, 0.717) is 6.61 Å². The molecule has 0 aromatic heterocycles. The molecule has 106 valence electrons. The molecule has 0 heterocycles. The third-order valence-electron chi connectivity index (χ3n) is 3.75.